The summed E-state index contributed by atoms with van der Waals surface area (Å²) in [4.78, 5) is 0. The second kappa shape index (κ2) is 14.8. The smallest absolute Gasteiger partial charge is 0.0578 e. The fraction of sp³-hybridized carbons (Fsp3) is 1.00. The van der Waals surface area contributed by atoms with Crippen LogP contribution in [0.4, 0.5) is 0 Å². The molecule has 0 aromatic carbocycles. The van der Waals surface area contributed by atoms with Gasteiger partial charge in [-0.1, -0.05) is 32.1 Å². The van der Waals surface area contributed by atoms with E-state index < -0.39 is 0 Å². The van der Waals surface area contributed by atoms with Crippen molar-refractivity contribution in [2.24, 2.45) is 0 Å². The molecule has 0 aromatic heterocycles. The van der Waals surface area contributed by atoms with Gasteiger partial charge in [0, 0.05) is 0 Å². The maximum atomic E-state index is 5.69. The van der Waals surface area contributed by atoms with E-state index in [4.69, 9.17) is 14.2 Å². The zero-order valence-electron chi connectivity index (χ0n) is 19.2. The second-order valence-electron chi connectivity index (χ2n) is 9.27. The summed E-state index contributed by atoms with van der Waals surface area (Å²) in [5.74, 6) is 0. The summed E-state index contributed by atoms with van der Waals surface area (Å²) in [7, 11) is 0. The molecule has 162 valence electrons. The van der Waals surface area contributed by atoms with Gasteiger partial charge in [0.1, 0.15) is 0 Å². The Morgan fingerprint density at radius 1 is 0.407 bits per heavy atom. The van der Waals surface area contributed by atoms with Crippen LogP contribution >= 0.6 is 0 Å². The van der Waals surface area contributed by atoms with Crippen LogP contribution in [0.15, 0.2) is 0 Å². The van der Waals surface area contributed by atoms with E-state index in [1.54, 1.807) is 0 Å². The van der Waals surface area contributed by atoms with Crippen molar-refractivity contribution in [2.75, 3.05) is 0 Å². The molecule has 0 heterocycles. The van der Waals surface area contributed by atoms with E-state index >= 15 is 0 Å². The van der Waals surface area contributed by atoms with E-state index in [9.17, 15) is 0 Å². The van der Waals surface area contributed by atoms with Crippen molar-refractivity contribution >= 4 is 0 Å². The predicted molar refractivity (Wildman–Crippen MR) is 115 cm³/mol. The van der Waals surface area contributed by atoms with E-state index in [1.807, 2.05) is 0 Å². The van der Waals surface area contributed by atoms with Gasteiger partial charge in [-0.05, 0) is 86.5 Å². The summed E-state index contributed by atoms with van der Waals surface area (Å²) < 4.78 is 16.8. The first kappa shape index (κ1) is 24.9. The largest absolute Gasteiger partial charge is 0.376 e. The predicted octanol–water partition coefficient (Wildman–Crippen LogP) is 7.06. The Labute approximate surface area is 169 Å². The Kier molecular flexibility index (Phi) is 13.7. The van der Waals surface area contributed by atoms with Crippen molar-refractivity contribution in [3.05, 3.63) is 0 Å². The quantitative estimate of drug-likeness (QED) is 0.490. The molecule has 0 saturated heterocycles. The molecular formula is C24H48O3. The van der Waals surface area contributed by atoms with Gasteiger partial charge in [-0.2, -0.15) is 0 Å². The minimum absolute atomic E-state index is 0.420. The van der Waals surface area contributed by atoms with E-state index in [-0.39, 0.29) is 0 Å². The molecular weight excluding hydrogens is 336 g/mol. The maximum Gasteiger partial charge on any atom is 0.0578 e. The molecule has 3 saturated carbocycles. The highest BCUT2D eigenvalue weighted by atomic mass is 16.5. The van der Waals surface area contributed by atoms with Crippen molar-refractivity contribution < 1.29 is 14.2 Å². The SMILES string of the molecule is CC(C)OC1CCC1.CC(C)OC1CCCC1.CC(C)OC1CCCCC1. The van der Waals surface area contributed by atoms with Crippen LogP contribution in [0.1, 0.15) is 119 Å². The molecule has 0 aromatic rings. The molecule has 0 radical (unpaired) electrons. The molecule has 3 nitrogen and oxygen atoms in total. The Hall–Kier alpha value is -0.120. The number of ether oxygens (including phenoxy) is 3. The maximum absolute atomic E-state index is 5.69. The van der Waals surface area contributed by atoms with Crippen molar-refractivity contribution in [3.8, 4) is 0 Å². The van der Waals surface area contributed by atoms with Crippen LogP contribution in [0.3, 0.4) is 0 Å². The van der Waals surface area contributed by atoms with Gasteiger partial charge >= 0.3 is 0 Å². The molecule has 0 unspecified atom stereocenters. The number of hydrogen-bond donors (Lipinski definition) is 0. The fourth-order valence-corrected chi connectivity index (χ4v) is 3.89. The standard InChI is InChI=1S/C9H18O.C8H16O.C7H14O/c1-8(2)10-9-6-4-3-5-7-9;1-7(2)9-8-5-3-4-6-8;1-6(2)8-7-4-3-5-7/h8-9H,3-7H2,1-2H3;7-8H,3-6H2,1-2H3;6-7H,3-5H2,1-2H3. The van der Waals surface area contributed by atoms with Gasteiger partial charge < -0.3 is 14.2 Å². The average molecular weight is 385 g/mol. The third kappa shape index (κ3) is 13.7. The molecule has 3 fully saturated rings. The number of rotatable bonds is 6. The molecule has 0 bridgehead atoms. The molecule has 3 aliphatic rings. The van der Waals surface area contributed by atoms with Crippen molar-refractivity contribution in [1.82, 2.24) is 0 Å². The first-order chi connectivity index (χ1) is 12.9. The van der Waals surface area contributed by atoms with Crippen LogP contribution in [-0.4, -0.2) is 36.6 Å². The third-order valence-corrected chi connectivity index (χ3v) is 5.30. The lowest BCUT2D eigenvalue weighted by atomic mass is 9.96. The topological polar surface area (TPSA) is 27.7 Å². The fourth-order valence-electron chi connectivity index (χ4n) is 3.89. The molecule has 0 amide bonds. The zero-order valence-corrected chi connectivity index (χ0v) is 19.2. The molecule has 3 heteroatoms. The number of hydrogen-bond acceptors (Lipinski definition) is 3. The second-order valence-corrected chi connectivity index (χ2v) is 9.27. The monoisotopic (exact) mass is 384 g/mol. The zero-order chi connectivity index (χ0) is 20.1. The molecule has 27 heavy (non-hydrogen) atoms. The molecule has 0 spiro atoms. The van der Waals surface area contributed by atoms with Crippen LogP contribution < -0.4 is 0 Å². The van der Waals surface area contributed by atoms with E-state index in [2.05, 4.69) is 41.5 Å². The van der Waals surface area contributed by atoms with Crippen molar-refractivity contribution in [3.63, 3.8) is 0 Å². The van der Waals surface area contributed by atoms with E-state index in [0.29, 0.717) is 36.6 Å². The highest BCUT2D eigenvalue weighted by molar-refractivity contribution is 4.69. The van der Waals surface area contributed by atoms with Crippen LogP contribution in [-0.2, 0) is 14.2 Å². The lowest BCUT2D eigenvalue weighted by Crippen LogP contribution is -2.24. The first-order valence-electron chi connectivity index (χ1n) is 11.8. The van der Waals surface area contributed by atoms with Crippen LogP contribution in [0.2, 0.25) is 0 Å². The van der Waals surface area contributed by atoms with E-state index in [0.717, 1.165) is 0 Å². The lowest BCUT2D eigenvalue weighted by molar-refractivity contribution is -0.0347. The normalized spacial score (nSPS) is 21.7. The summed E-state index contributed by atoms with van der Waals surface area (Å²) in [5.41, 5.74) is 0. The van der Waals surface area contributed by atoms with Gasteiger partial charge in [0.15, 0.2) is 0 Å². The summed E-state index contributed by atoms with van der Waals surface area (Å²) in [6.45, 7) is 12.6. The van der Waals surface area contributed by atoms with Gasteiger partial charge in [0.05, 0.1) is 36.6 Å². The lowest BCUT2D eigenvalue weighted by Gasteiger charge is -2.27. The van der Waals surface area contributed by atoms with Gasteiger partial charge in [0.25, 0.3) is 0 Å². The summed E-state index contributed by atoms with van der Waals surface area (Å²) in [6, 6.07) is 0. The van der Waals surface area contributed by atoms with Crippen molar-refractivity contribution in [1.29, 1.82) is 0 Å². The molecule has 0 N–H and O–H groups in total. The Morgan fingerprint density at radius 2 is 0.667 bits per heavy atom. The highest BCUT2D eigenvalue weighted by Gasteiger charge is 2.18. The minimum Gasteiger partial charge on any atom is -0.376 e. The molecule has 0 atom stereocenters. The average Bonchev–Trinajstić information content (AvgIpc) is 3.05. The highest BCUT2D eigenvalue weighted by Crippen LogP contribution is 2.23. The van der Waals surface area contributed by atoms with Crippen LogP contribution in [0.25, 0.3) is 0 Å². The first-order valence-corrected chi connectivity index (χ1v) is 11.8. The van der Waals surface area contributed by atoms with Gasteiger partial charge in [0.2, 0.25) is 0 Å². The summed E-state index contributed by atoms with van der Waals surface area (Å²) in [5, 5.41) is 0. The molecule has 0 aliphatic heterocycles. The van der Waals surface area contributed by atoms with Crippen LogP contribution in [0, 0.1) is 0 Å². The third-order valence-electron chi connectivity index (χ3n) is 5.30. The minimum atomic E-state index is 0.420. The van der Waals surface area contributed by atoms with Crippen LogP contribution in [0.5, 0.6) is 0 Å². The molecule has 3 aliphatic carbocycles. The van der Waals surface area contributed by atoms with Crippen molar-refractivity contribution in [2.45, 2.75) is 155 Å². The van der Waals surface area contributed by atoms with Gasteiger partial charge in [-0.25, -0.2) is 0 Å². The Morgan fingerprint density at radius 3 is 0.889 bits per heavy atom. The summed E-state index contributed by atoms with van der Waals surface area (Å²) in [6.07, 6.45) is 19.1. The van der Waals surface area contributed by atoms with Gasteiger partial charge in [-0.15, -0.1) is 0 Å². The Bertz CT molecular complexity index is 325. The van der Waals surface area contributed by atoms with Gasteiger partial charge in [-0.3, -0.25) is 0 Å². The van der Waals surface area contributed by atoms with E-state index in [1.165, 1.54) is 77.0 Å². The molecule has 3 rings (SSSR count). The Balaban J connectivity index is 0.000000204. The summed E-state index contributed by atoms with van der Waals surface area (Å²) >= 11 is 0.